The van der Waals surface area contributed by atoms with Gasteiger partial charge in [0.25, 0.3) is 0 Å². The van der Waals surface area contributed by atoms with Gasteiger partial charge in [-0.2, -0.15) is 5.10 Å². The summed E-state index contributed by atoms with van der Waals surface area (Å²) in [6.07, 6.45) is 1.13. The Kier molecular flexibility index (Phi) is 3.82. The highest BCUT2D eigenvalue weighted by Gasteiger charge is 2.21. The molecule has 0 bridgehead atoms. The Morgan fingerprint density at radius 2 is 1.71 bits per heavy atom. The second-order valence-electron chi connectivity index (χ2n) is 4.55. The first-order valence-electron chi connectivity index (χ1n) is 6.04. The van der Waals surface area contributed by atoms with Crippen LogP contribution in [0.3, 0.4) is 0 Å². The third-order valence-electron chi connectivity index (χ3n) is 3.08. The van der Waals surface area contributed by atoms with E-state index in [1.54, 1.807) is 19.2 Å². The molecule has 0 radical (unpaired) electrons. The predicted molar refractivity (Wildman–Crippen MR) is 79.3 cm³/mol. The quantitative estimate of drug-likeness (QED) is 0.908. The van der Waals surface area contributed by atoms with E-state index in [4.69, 9.17) is 15.2 Å². The third kappa shape index (κ3) is 2.80. The highest BCUT2D eigenvalue weighted by molar-refractivity contribution is 7.90. The Morgan fingerprint density at radius 3 is 2.14 bits per heavy atom. The summed E-state index contributed by atoms with van der Waals surface area (Å²) >= 11 is 0. The Hall–Kier alpha value is -2.22. The van der Waals surface area contributed by atoms with Crippen LogP contribution in [-0.2, 0) is 16.9 Å². The minimum absolute atomic E-state index is 0.109. The van der Waals surface area contributed by atoms with E-state index in [2.05, 4.69) is 5.10 Å². The molecule has 0 saturated carbocycles. The lowest BCUT2D eigenvalue weighted by Crippen LogP contribution is -2.03. The van der Waals surface area contributed by atoms with Gasteiger partial charge >= 0.3 is 0 Å². The molecule has 1 aromatic carbocycles. The SMILES string of the molecule is COc1cc(-c2cc(N)n(C)n2)c(S(C)(=O)=O)cc1OC. The molecule has 0 aliphatic carbocycles. The zero-order valence-corrected chi connectivity index (χ0v) is 13.1. The summed E-state index contributed by atoms with van der Waals surface area (Å²) in [6.45, 7) is 0. The van der Waals surface area contributed by atoms with Gasteiger partial charge in [0.2, 0.25) is 0 Å². The van der Waals surface area contributed by atoms with Crippen LogP contribution in [0.1, 0.15) is 0 Å². The number of hydrogen-bond acceptors (Lipinski definition) is 6. The third-order valence-corrected chi connectivity index (χ3v) is 4.21. The Balaban J connectivity index is 2.79. The normalized spacial score (nSPS) is 11.4. The van der Waals surface area contributed by atoms with Crippen molar-refractivity contribution < 1.29 is 17.9 Å². The molecule has 0 unspecified atom stereocenters. The fourth-order valence-corrected chi connectivity index (χ4v) is 2.86. The van der Waals surface area contributed by atoms with Gasteiger partial charge in [-0.3, -0.25) is 4.68 Å². The standard InChI is InChI=1S/C13H17N3O4S/c1-16-13(14)6-9(15-16)8-5-10(19-2)11(20-3)7-12(8)21(4,17)18/h5-7H,14H2,1-4H3. The second kappa shape index (κ2) is 5.28. The molecule has 0 aliphatic heterocycles. The smallest absolute Gasteiger partial charge is 0.176 e. The number of methoxy groups -OCH3 is 2. The molecule has 0 aliphatic rings. The van der Waals surface area contributed by atoms with Gasteiger partial charge in [-0.1, -0.05) is 0 Å². The van der Waals surface area contributed by atoms with Gasteiger partial charge in [-0.15, -0.1) is 0 Å². The summed E-state index contributed by atoms with van der Waals surface area (Å²) in [5, 5.41) is 4.22. The predicted octanol–water partition coefficient (Wildman–Crippen LogP) is 1.09. The maximum absolute atomic E-state index is 12.0. The molecule has 2 aromatic rings. The van der Waals surface area contributed by atoms with Crippen LogP contribution in [0.15, 0.2) is 23.1 Å². The summed E-state index contributed by atoms with van der Waals surface area (Å²) in [6, 6.07) is 4.61. The van der Waals surface area contributed by atoms with Gasteiger partial charge in [0.05, 0.1) is 24.8 Å². The molecule has 0 fully saturated rings. The molecule has 0 amide bonds. The summed E-state index contributed by atoms with van der Waals surface area (Å²) in [4.78, 5) is 0.109. The molecule has 114 valence electrons. The van der Waals surface area contributed by atoms with E-state index in [-0.39, 0.29) is 4.90 Å². The van der Waals surface area contributed by atoms with Crippen molar-refractivity contribution in [3.63, 3.8) is 0 Å². The van der Waals surface area contributed by atoms with Crippen LogP contribution in [0, 0.1) is 0 Å². The van der Waals surface area contributed by atoms with Crippen LogP contribution in [-0.4, -0.2) is 38.7 Å². The van der Waals surface area contributed by atoms with Crippen molar-refractivity contribution >= 4 is 15.7 Å². The molecule has 2 N–H and O–H groups in total. The zero-order chi connectivity index (χ0) is 15.8. The van der Waals surface area contributed by atoms with Gasteiger partial charge < -0.3 is 15.2 Å². The molecule has 1 heterocycles. The van der Waals surface area contributed by atoms with E-state index in [9.17, 15) is 8.42 Å². The minimum Gasteiger partial charge on any atom is -0.493 e. The van der Waals surface area contributed by atoms with E-state index >= 15 is 0 Å². The summed E-state index contributed by atoms with van der Waals surface area (Å²) in [7, 11) is 1.14. The van der Waals surface area contributed by atoms with Crippen molar-refractivity contribution in [2.24, 2.45) is 7.05 Å². The number of aryl methyl sites for hydroxylation is 1. The van der Waals surface area contributed by atoms with Crippen LogP contribution in [0.2, 0.25) is 0 Å². The van der Waals surface area contributed by atoms with Gasteiger partial charge in [-0.25, -0.2) is 8.42 Å². The Bertz CT molecular complexity index is 761. The largest absolute Gasteiger partial charge is 0.493 e. The lowest BCUT2D eigenvalue weighted by Gasteiger charge is -2.12. The van der Waals surface area contributed by atoms with Crippen LogP contribution >= 0.6 is 0 Å². The van der Waals surface area contributed by atoms with E-state index < -0.39 is 9.84 Å². The minimum atomic E-state index is -3.47. The first-order valence-corrected chi connectivity index (χ1v) is 7.93. The lowest BCUT2D eigenvalue weighted by atomic mass is 10.1. The summed E-state index contributed by atoms with van der Waals surface area (Å²) < 4.78 is 35.9. The fraction of sp³-hybridized carbons (Fsp3) is 0.308. The number of anilines is 1. The van der Waals surface area contributed by atoms with Crippen LogP contribution in [0.5, 0.6) is 11.5 Å². The number of aromatic nitrogens is 2. The molecular formula is C13H17N3O4S. The second-order valence-corrected chi connectivity index (χ2v) is 6.54. The van der Waals surface area contributed by atoms with Crippen molar-refractivity contribution in [2.75, 3.05) is 26.2 Å². The van der Waals surface area contributed by atoms with Gasteiger partial charge in [0, 0.05) is 31.0 Å². The van der Waals surface area contributed by atoms with E-state index in [0.717, 1.165) is 6.26 Å². The first-order chi connectivity index (χ1) is 9.77. The maximum atomic E-state index is 12.0. The van der Waals surface area contributed by atoms with Crippen molar-refractivity contribution in [3.05, 3.63) is 18.2 Å². The maximum Gasteiger partial charge on any atom is 0.176 e. The molecule has 0 atom stereocenters. The van der Waals surface area contributed by atoms with Crippen LogP contribution in [0.4, 0.5) is 5.82 Å². The summed E-state index contributed by atoms with van der Waals surface area (Å²) in [5.74, 6) is 1.19. The number of sulfone groups is 1. The van der Waals surface area contributed by atoms with Crippen LogP contribution < -0.4 is 15.2 Å². The van der Waals surface area contributed by atoms with Crippen molar-refractivity contribution in [1.82, 2.24) is 9.78 Å². The van der Waals surface area contributed by atoms with E-state index in [1.807, 2.05) is 0 Å². The number of ether oxygens (including phenoxy) is 2. The number of rotatable bonds is 4. The number of hydrogen-bond donors (Lipinski definition) is 1. The average Bonchev–Trinajstić information content (AvgIpc) is 2.76. The summed E-state index contributed by atoms with van der Waals surface area (Å²) in [5.41, 5.74) is 6.63. The highest BCUT2D eigenvalue weighted by Crippen LogP contribution is 2.37. The molecule has 0 saturated heterocycles. The molecule has 2 rings (SSSR count). The van der Waals surface area contributed by atoms with E-state index in [1.165, 1.54) is 25.0 Å². The fourth-order valence-electron chi connectivity index (χ4n) is 1.98. The van der Waals surface area contributed by atoms with Crippen molar-refractivity contribution in [1.29, 1.82) is 0 Å². The average molecular weight is 311 g/mol. The first kappa shape index (κ1) is 15.2. The molecular weight excluding hydrogens is 294 g/mol. The molecule has 21 heavy (non-hydrogen) atoms. The van der Waals surface area contributed by atoms with Gasteiger partial charge in [0.15, 0.2) is 21.3 Å². The number of benzene rings is 1. The van der Waals surface area contributed by atoms with Crippen molar-refractivity contribution in [2.45, 2.75) is 4.90 Å². The van der Waals surface area contributed by atoms with Crippen LogP contribution in [0.25, 0.3) is 11.3 Å². The lowest BCUT2D eigenvalue weighted by molar-refractivity contribution is 0.354. The highest BCUT2D eigenvalue weighted by atomic mass is 32.2. The zero-order valence-electron chi connectivity index (χ0n) is 12.2. The monoisotopic (exact) mass is 311 g/mol. The molecule has 0 spiro atoms. The Morgan fingerprint density at radius 1 is 1.14 bits per heavy atom. The Labute approximate surface area is 123 Å². The number of nitrogen functional groups attached to an aromatic ring is 1. The molecule has 8 heteroatoms. The molecule has 7 nitrogen and oxygen atoms in total. The van der Waals surface area contributed by atoms with Gasteiger partial charge in [0.1, 0.15) is 5.82 Å². The van der Waals surface area contributed by atoms with E-state index in [0.29, 0.717) is 28.6 Å². The topological polar surface area (TPSA) is 96.4 Å². The van der Waals surface area contributed by atoms with Gasteiger partial charge in [-0.05, 0) is 6.07 Å². The molecule has 1 aromatic heterocycles. The number of nitrogens with two attached hydrogens (primary N) is 1. The van der Waals surface area contributed by atoms with Crippen molar-refractivity contribution in [3.8, 4) is 22.8 Å². The number of nitrogens with zero attached hydrogens (tertiary/aromatic N) is 2.